The minimum absolute atomic E-state index is 0.0561. The van der Waals surface area contributed by atoms with E-state index in [-0.39, 0.29) is 31.0 Å². The number of likely N-dealkylation sites (N-methyl/N-ethyl adjacent to an activating group) is 1. The van der Waals surface area contributed by atoms with Gasteiger partial charge in [0.25, 0.3) is 0 Å². The van der Waals surface area contributed by atoms with Crippen molar-refractivity contribution in [3.05, 3.63) is 0 Å². The van der Waals surface area contributed by atoms with Gasteiger partial charge in [-0.15, -0.1) is 0 Å². The van der Waals surface area contributed by atoms with Crippen molar-refractivity contribution in [3.8, 4) is 0 Å². The van der Waals surface area contributed by atoms with Gasteiger partial charge in [-0.25, -0.2) is 0 Å². The first kappa shape index (κ1) is 18.7. The fourth-order valence-electron chi connectivity index (χ4n) is 3.17. The average molecular weight is 341 g/mol. The van der Waals surface area contributed by atoms with E-state index in [0.29, 0.717) is 39.2 Å². The van der Waals surface area contributed by atoms with Crippen LogP contribution in [-0.2, 0) is 19.1 Å². The summed E-state index contributed by atoms with van der Waals surface area (Å²) in [5.74, 6) is -0.882. The van der Waals surface area contributed by atoms with Gasteiger partial charge in [-0.05, 0) is 19.9 Å². The maximum Gasteiger partial charge on any atom is 0.317 e. The second-order valence-electron chi connectivity index (χ2n) is 6.55. The molecular formula is C16H27N3O5. The average Bonchev–Trinajstić information content (AvgIpc) is 2.71. The van der Waals surface area contributed by atoms with E-state index in [2.05, 4.69) is 0 Å². The van der Waals surface area contributed by atoms with E-state index >= 15 is 0 Å². The Labute approximate surface area is 142 Å². The van der Waals surface area contributed by atoms with Gasteiger partial charge in [0.05, 0.1) is 25.8 Å². The van der Waals surface area contributed by atoms with Crippen molar-refractivity contribution in [2.75, 3.05) is 52.9 Å². The highest BCUT2D eigenvalue weighted by molar-refractivity contribution is 5.85. The molecule has 1 atom stereocenters. The van der Waals surface area contributed by atoms with Crippen LogP contribution in [-0.4, -0.2) is 96.6 Å². The van der Waals surface area contributed by atoms with Gasteiger partial charge in [-0.2, -0.15) is 0 Å². The molecule has 2 heterocycles. The number of carboxylic acids is 1. The van der Waals surface area contributed by atoms with Crippen LogP contribution in [0.25, 0.3) is 0 Å². The number of carbonyl (C=O) groups is 3. The van der Waals surface area contributed by atoms with Crippen molar-refractivity contribution in [2.24, 2.45) is 0 Å². The molecular weight excluding hydrogens is 314 g/mol. The van der Waals surface area contributed by atoms with Gasteiger partial charge in [0, 0.05) is 32.6 Å². The van der Waals surface area contributed by atoms with Crippen LogP contribution in [0.3, 0.4) is 0 Å². The molecule has 2 fully saturated rings. The highest BCUT2D eigenvalue weighted by Gasteiger charge is 2.28. The molecule has 2 rings (SSSR count). The minimum atomic E-state index is -0.888. The molecule has 2 aliphatic rings. The summed E-state index contributed by atoms with van der Waals surface area (Å²) in [5.41, 5.74) is 0. The fraction of sp³-hybridized carbons (Fsp3) is 0.812. The normalized spacial score (nSPS) is 22.6. The Balaban J connectivity index is 1.83. The van der Waals surface area contributed by atoms with Crippen molar-refractivity contribution >= 4 is 17.8 Å². The number of ether oxygens (including phenoxy) is 1. The summed E-state index contributed by atoms with van der Waals surface area (Å²) in [6.45, 7) is 2.57. The summed E-state index contributed by atoms with van der Waals surface area (Å²) in [4.78, 5) is 40.3. The molecule has 24 heavy (non-hydrogen) atoms. The second-order valence-corrected chi connectivity index (χ2v) is 6.55. The van der Waals surface area contributed by atoms with Crippen molar-refractivity contribution in [1.82, 2.24) is 14.7 Å². The monoisotopic (exact) mass is 341 g/mol. The predicted molar refractivity (Wildman–Crippen MR) is 86.5 cm³/mol. The third-order valence-corrected chi connectivity index (χ3v) is 4.41. The maximum atomic E-state index is 12.5. The molecule has 8 heteroatoms. The summed E-state index contributed by atoms with van der Waals surface area (Å²) in [7, 11) is 1.72. The number of carboxylic acid groups (broad SMARTS) is 1. The smallest absolute Gasteiger partial charge is 0.317 e. The van der Waals surface area contributed by atoms with Gasteiger partial charge < -0.3 is 19.6 Å². The van der Waals surface area contributed by atoms with Crippen LogP contribution in [0.2, 0.25) is 0 Å². The number of morpholine rings is 1. The van der Waals surface area contributed by atoms with E-state index in [1.807, 2.05) is 0 Å². The van der Waals surface area contributed by atoms with Gasteiger partial charge >= 0.3 is 5.97 Å². The number of likely N-dealkylation sites (tertiary alicyclic amines) is 1. The Kier molecular flexibility index (Phi) is 6.99. The van der Waals surface area contributed by atoms with Crippen LogP contribution >= 0.6 is 0 Å². The summed E-state index contributed by atoms with van der Waals surface area (Å²) < 4.78 is 5.63. The van der Waals surface area contributed by atoms with Crippen LogP contribution in [0, 0.1) is 0 Å². The number of rotatable bonds is 6. The second kappa shape index (κ2) is 8.98. The summed E-state index contributed by atoms with van der Waals surface area (Å²) in [5, 5.41) is 8.80. The molecule has 0 saturated carbocycles. The topological polar surface area (TPSA) is 90.4 Å². The predicted octanol–water partition coefficient (Wildman–Crippen LogP) is -0.367. The number of amides is 2. The molecule has 2 amide bonds. The Morgan fingerprint density at radius 2 is 2.08 bits per heavy atom. The van der Waals surface area contributed by atoms with Gasteiger partial charge in [0.1, 0.15) is 0 Å². The fourth-order valence-corrected chi connectivity index (χ4v) is 3.17. The summed E-state index contributed by atoms with van der Waals surface area (Å²) in [6.07, 6.45) is 3.21. The minimum Gasteiger partial charge on any atom is -0.480 e. The zero-order chi connectivity index (χ0) is 17.5. The quantitative estimate of drug-likeness (QED) is 0.709. The van der Waals surface area contributed by atoms with Crippen molar-refractivity contribution < 1.29 is 24.2 Å². The first-order valence-electron chi connectivity index (χ1n) is 8.53. The molecule has 0 spiro atoms. The maximum absolute atomic E-state index is 12.5. The third kappa shape index (κ3) is 5.76. The van der Waals surface area contributed by atoms with E-state index < -0.39 is 5.97 Å². The van der Waals surface area contributed by atoms with E-state index in [1.54, 1.807) is 21.7 Å². The van der Waals surface area contributed by atoms with Crippen LogP contribution in [0.15, 0.2) is 0 Å². The molecule has 0 aliphatic carbocycles. The summed E-state index contributed by atoms with van der Waals surface area (Å²) >= 11 is 0. The van der Waals surface area contributed by atoms with Gasteiger partial charge in [-0.3, -0.25) is 19.3 Å². The van der Waals surface area contributed by atoms with Crippen LogP contribution in [0.5, 0.6) is 0 Å². The molecule has 0 radical (unpaired) electrons. The molecule has 0 aromatic heterocycles. The third-order valence-electron chi connectivity index (χ3n) is 4.41. The van der Waals surface area contributed by atoms with Crippen molar-refractivity contribution in [1.29, 1.82) is 0 Å². The molecule has 1 unspecified atom stereocenters. The molecule has 8 nitrogen and oxygen atoms in total. The standard InChI is InChI=1S/C16H27N3O5/c1-17(12-16(22)23)9-13-10-19(7-8-24-13)15(21)11-18-6-4-2-3-5-14(18)20/h13H,2-12H2,1H3,(H,22,23). The number of nitrogens with zero attached hydrogens (tertiary/aromatic N) is 3. The molecule has 2 saturated heterocycles. The number of aliphatic carboxylic acids is 1. The van der Waals surface area contributed by atoms with Gasteiger partial charge in [0.15, 0.2) is 0 Å². The van der Waals surface area contributed by atoms with Gasteiger partial charge in [-0.1, -0.05) is 6.42 Å². The van der Waals surface area contributed by atoms with E-state index in [1.165, 1.54) is 0 Å². The van der Waals surface area contributed by atoms with Crippen molar-refractivity contribution in [2.45, 2.75) is 31.8 Å². The molecule has 0 aromatic carbocycles. The highest BCUT2D eigenvalue weighted by Crippen LogP contribution is 2.13. The lowest BCUT2D eigenvalue weighted by Crippen LogP contribution is -2.52. The number of carbonyl (C=O) groups excluding carboxylic acids is 2. The highest BCUT2D eigenvalue weighted by atomic mass is 16.5. The molecule has 0 bridgehead atoms. The lowest BCUT2D eigenvalue weighted by Gasteiger charge is -2.35. The van der Waals surface area contributed by atoms with Crippen molar-refractivity contribution in [3.63, 3.8) is 0 Å². The lowest BCUT2D eigenvalue weighted by atomic mass is 10.2. The van der Waals surface area contributed by atoms with E-state index in [4.69, 9.17) is 9.84 Å². The molecule has 2 aliphatic heterocycles. The molecule has 0 aromatic rings. The molecule has 1 N–H and O–H groups in total. The zero-order valence-corrected chi connectivity index (χ0v) is 14.3. The summed E-state index contributed by atoms with van der Waals surface area (Å²) in [6, 6.07) is 0. The van der Waals surface area contributed by atoms with E-state index in [0.717, 1.165) is 19.3 Å². The Hall–Kier alpha value is -1.67. The number of hydrogen-bond donors (Lipinski definition) is 1. The lowest BCUT2D eigenvalue weighted by molar-refractivity contribution is -0.146. The Morgan fingerprint density at radius 3 is 2.83 bits per heavy atom. The van der Waals surface area contributed by atoms with Crippen LogP contribution < -0.4 is 0 Å². The van der Waals surface area contributed by atoms with Crippen LogP contribution in [0.4, 0.5) is 0 Å². The van der Waals surface area contributed by atoms with Gasteiger partial charge in [0.2, 0.25) is 11.8 Å². The SMILES string of the molecule is CN(CC(=O)O)CC1CN(C(=O)CN2CCCCCC2=O)CCO1. The Morgan fingerprint density at radius 1 is 1.29 bits per heavy atom. The molecule has 136 valence electrons. The number of hydrogen-bond acceptors (Lipinski definition) is 5. The van der Waals surface area contributed by atoms with E-state index in [9.17, 15) is 14.4 Å². The largest absolute Gasteiger partial charge is 0.480 e. The zero-order valence-electron chi connectivity index (χ0n) is 14.3. The first-order valence-corrected chi connectivity index (χ1v) is 8.53. The Bertz CT molecular complexity index is 471. The first-order chi connectivity index (χ1) is 11.5. The van der Waals surface area contributed by atoms with Crippen LogP contribution in [0.1, 0.15) is 25.7 Å².